The average Bonchev–Trinajstić information content (AvgIpc) is 3.37. The van der Waals surface area contributed by atoms with Crippen LogP contribution in [0.1, 0.15) is 34.6 Å². The standard InChI is InChI=1S/C16H12F5N3O2/c17-9-1-2-11(18)8(5-9)6-22-12-10(13(25)26)7-23-14(24-12)15(3-4-15)16(19,20)21/h1-2,5,7H,3-4,6H2,(H,25,26)(H,22,23,24). The summed E-state index contributed by atoms with van der Waals surface area (Å²) in [6, 6.07) is 2.69. The number of carboxylic acid groups (broad SMARTS) is 1. The fraction of sp³-hybridized carbons (Fsp3) is 0.312. The quantitative estimate of drug-likeness (QED) is 0.783. The second-order valence-corrected chi connectivity index (χ2v) is 5.93. The molecule has 10 heteroatoms. The van der Waals surface area contributed by atoms with Crippen LogP contribution >= 0.6 is 0 Å². The van der Waals surface area contributed by atoms with Gasteiger partial charge in [-0.3, -0.25) is 0 Å². The molecule has 0 unspecified atom stereocenters. The van der Waals surface area contributed by atoms with Gasteiger partial charge in [-0.05, 0) is 31.0 Å². The first kappa shape index (κ1) is 18.0. The van der Waals surface area contributed by atoms with Crippen molar-refractivity contribution in [2.45, 2.75) is 31.0 Å². The summed E-state index contributed by atoms with van der Waals surface area (Å²) in [5, 5.41) is 11.6. The van der Waals surface area contributed by atoms with Gasteiger partial charge in [-0.1, -0.05) is 0 Å². The summed E-state index contributed by atoms with van der Waals surface area (Å²) in [6.45, 7) is -0.362. The highest BCUT2D eigenvalue weighted by molar-refractivity contribution is 5.92. The number of aromatic nitrogens is 2. The minimum atomic E-state index is -4.57. The van der Waals surface area contributed by atoms with E-state index >= 15 is 0 Å². The summed E-state index contributed by atoms with van der Waals surface area (Å²) in [6.07, 6.45) is -4.17. The van der Waals surface area contributed by atoms with Crippen molar-refractivity contribution in [2.75, 3.05) is 5.32 Å². The Balaban J connectivity index is 1.93. The van der Waals surface area contributed by atoms with Gasteiger partial charge in [0.25, 0.3) is 0 Å². The van der Waals surface area contributed by atoms with E-state index in [-0.39, 0.29) is 30.8 Å². The Hall–Kier alpha value is -2.78. The van der Waals surface area contributed by atoms with E-state index < -0.39 is 40.6 Å². The van der Waals surface area contributed by atoms with E-state index in [1.165, 1.54) is 0 Å². The number of hydrogen-bond donors (Lipinski definition) is 2. The van der Waals surface area contributed by atoms with Gasteiger partial charge in [-0.25, -0.2) is 23.5 Å². The maximum Gasteiger partial charge on any atom is 0.401 e. The van der Waals surface area contributed by atoms with Gasteiger partial charge >= 0.3 is 12.1 Å². The van der Waals surface area contributed by atoms with Gasteiger partial charge < -0.3 is 10.4 Å². The molecule has 3 rings (SSSR count). The molecule has 0 bridgehead atoms. The van der Waals surface area contributed by atoms with Crippen molar-refractivity contribution in [3.05, 3.63) is 53.0 Å². The van der Waals surface area contributed by atoms with Gasteiger partial charge in [-0.15, -0.1) is 0 Å². The first-order valence-electron chi connectivity index (χ1n) is 7.49. The van der Waals surface area contributed by atoms with E-state index in [9.17, 15) is 26.7 Å². The molecule has 0 atom stereocenters. The average molecular weight is 373 g/mol. The number of anilines is 1. The van der Waals surface area contributed by atoms with E-state index in [0.717, 1.165) is 24.4 Å². The van der Waals surface area contributed by atoms with Crippen LogP contribution in [0, 0.1) is 11.6 Å². The summed E-state index contributed by atoms with van der Waals surface area (Å²) in [5.41, 5.74) is -2.79. The predicted octanol–water partition coefficient (Wildman–Crippen LogP) is 3.66. The zero-order chi connectivity index (χ0) is 19.1. The number of halogens is 5. The predicted molar refractivity (Wildman–Crippen MR) is 79.6 cm³/mol. The third-order valence-electron chi connectivity index (χ3n) is 4.19. The van der Waals surface area contributed by atoms with Crippen LogP contribution in [0.2, 0.25) is 0 Å². The lowest BCUT2D eigenvalue weighted by Gasteiger charge is -2.19. The molecule has 1 aliphatic rings. The first-order valence-corrected chi connectivity index (χ1v) is 7.49. The molecule has 1 aliphatic carbocycles. The number of nitrogens with one attached hydrogen (secondary N) is 1. The fourth-order valence-corrected chi connectivity index (χ4v) is 2.52. The molecule has 1 aromatic carbocycles. The Morgan fingerprint density at radius 3 is 2.54 bits per heavy atom. The number of aromatic carboxylic acids is 1. The lowest BCUT2D eigenvalue weighted by molar-refractivity contribution is -0.162. The summed E-state index contributed by atoms with van der Waals surface area (Å²) in [4.78, 5) is 18.5. The number of carbonyl (C=O) groups is 1. The molecule has 26 heavy (non-hydrogen) atoms. The molecule has 2 aromatic rings. The van der Waals surface area contributed by atoms with Crippen molar-refractivity contribution >= 4 is 11.8 Å². The van der Waals surface area contributed by atoms with Crippen molar-refractivity contribution in [1.29, 1.82) is 0 Å². The molecular formula is C16H12F5N3O2. The molecule has 0 amide bonds. The van der Waals surface area contributed by atoms with Crippen LogP contribution in [0.15, 0.2) is 24.4 Å². The van der Waals surface area contributed by atoms with E-state index in [1.54, 1.807) is 0 Å². The molecule has 1 fully saturated rings. The number of hydrogen-bond acceptors (Lipinski definition) is 4. The zero-order valence-corrected chi connectivity index (χ0v) is 13.1. The van der Waals surface area contributed by atoms with Crippen molar-refractivity contribution in [2.24, 2.45) is 0 Å². The molecule has 0 radical (unpaired) electrons. The SMILES string of the molecule is O=C(O)c1cnc(C2(C(F)(F)F)CC2)nc1NCc1cc(F)ccc1F. The number of benzene rings is 1. The van der Waals surface area contributed by atoms with Gasteiger partial charge in [0, 0.05) is 18.3 Å². The molecule has 138 valence electrons. The highest BCUT2D eigenvalue weighted by Gasteiger charge is 2.66. The van der Waals surface area contributed by atoms with Crippen LogP contribution in [0.3, 0.4) is 0 Å². The zero-order valence-electron chi connectivity index (χ0n) is 13.1. The van der Waals surface area contributed by atoms with Crippen molar-refractivity contribution < 1.29 is 31.9 Å². The smallest absolute Gasteiger partial charge is 0.401 e. The van der Waals surface area contributed by atoms with E-state index in [2.05, 4.69) is 15.3 Å². The fourth-order valence-electron chi connectivity index (χ4n) is 2.52. The van der Waals surface area contributed by atoms with Crippen molar-refractivity contribution in [1.82, 2.24) is 9.97 Å². The summed E-state index contributed by atoms with van der Waals surface area (Å²) in [7, 11) is 0. The molecule has 0 spiro atoms. The summed E-state index contributed by atoms with van der Waals surface area (Å²) in [5.74, 6) is -3.85. The molecule has 1 aromatic heterocycles. The van der Waals surface area contributed by atoms with Crippen molar-refractivity contribution in [3.63, 3.8) is 0 Å². The Kier molecular flexibility index (Phi) is 4.29. The van der Waals surface area contributed by atoms with Crippen LogP contribution in [0.25, 0.3) is 0 Å². The van der Waals surface area contributed by atoms with Gasteiger partial charge in [0.05, 0.1) is 0 Å². The minimum absolute atomic E-state index is 0.126. The first-order chi connectivity index (χ1) is 12.1. The van der Waals surface area contributed by atoms with Crippen molar-refractivity contribution in [3.8, 4) is 0 Å². The Morgan fingerprint density at radius 1 is 1.27 bits per heavy atom. The number of alkyl halides is 3. The lowest BCUT2D eigenvalue weighted by atomic mass is 10.1. The van der Waals surface area contributed by atoms with Gasteiger partial charge in [-0.2, -0.15) is 13.2 Å². The Bertz CT molecular complexity index is 865. The van der Waals surface area contributed by atoms with Crippen LogP contribution in [-0.2, 0) is 12.0 Å². The monoisotopic (exact) mass is 373 g/mol. The third kappa shape index (κ3) is 3.18. The molecular weight excluding hydrogens is 361 g/mol. The molecule has 5 nitrogen and oxygen atoms in total. The summed E-state index contributed by atoms with van der Waals surface area (Å²) < 4.78 is 66.5. The molecule has 1 heterocycles. The topological polar surface area (TPSA) is 75.1 Å². The van der Waals surface area contributed by atoms with Gasteiger partial charge in [0.1, 0.15) is 34.3 Å². The van der Waals surface area contributed by atoms with Crippen LogP contribution in [0.5, 0.6) is 0 Å². The third-order valence-corrected chi connectivity index (χ3v) is 4.19. The highest BCUT2D eigenvalue weighted by Crippen LogP contribution is 2.57. The molecule has 0 saturated heterocycles. The normalized spacial score (nSPS) is 15.6. The van der Waals surface area contributed by atoms with Crippen LogP contribution in [-0.4, -0.2) is 27.2 Å². The number of carboxylic acids is 1. The van der Waals surface area contributed by atoms with Crippen LogP contribution < -0.4 is 5.32 Å². The van der Waals surface area contributed by atoms with E-state index in [0.29, 0.717) is 0 Å². The Morgan fingerprint density at radius 2 is 1.96 bits per heavy atom. The number of nitrogens with zero attached hydrogens (tertiary/aromatic N) is 2. The molecule has 2 N–H and O–H groups in total. The van der Waals surface area contributed by atoms with Gasteiger partial charge in [0.15, 0.2) is 0 Å². The maximum absolute atomic E-state index is 13.7. The van der Waals surface area contributed by atoms with Crippen LogP contribution in [0.4, 0.5) is 27.8 Å². The lowest BCUT2D eigenvalue weighted by Crippen LogP contribution is -2.31. The number of rotatable bonds is 5. The summed E-state index contributed by atoms with van der Waals surface area (Å²) >= 11 is 0. The second-order valence-electron chi connectivity index (χ2n) is 5.93. The van der Waals surface area contributed by atoms with Gasteiger partial charge in [0.2, 0.25) is 0 Å². The maximum atomic E-state index is 13.7. The largest absolute Gasteiger partial charge is 0.477 e. The second kappa shape index (κ2) is 6.19. The van der Waals surface area contributed by atoms with E-state index in [4.69, 9.17) is 5.11 Å². The molecule has 0 aliphatic heterocycles. The van der Waals surface area contributed by atoms with E-state index in [1.807, 2.05) is 0 Å². The molecule has 1 saturated carbocycles. The highest BCUT2D eigenvalue weighted by atomic mass is 19.4. The minimum Gasteiger partial charge on any atom is -0.477 e. The Labute approximate surface area is 143 Å².